The zero-order chi connectivity index (χ0) is 28.0. The fourth-order valence-corrected chi connectivity index (χ4v) is 9.71. The third-order valence-electron chi connectivity index (χ3n) is 11.0. The van der Waals surface area contributed by atoms with E-state index in [1.807, 2.05) is 18.2 Å². The molecule has 2 heterocycles. The van der Waals surface area contributed by atoms with E-state index in [1.54, 1.807) is 0 Å². The summed E-state index contributed by atoms with van der Waals surface area (Å²) in [6, 6.07) is 5.60. The summed E-state index contributed by atoms with van der Waals surface area (Å²) in [7, 11) is 0. The Kier molecular flexibility index (Phi) is 5.77. The van der Waals surface area contributed by atoms with Crippen LogP contribution in [0.5, 0.6) is 0 Å². The maximum atomic E-state index is 15.4. The van der Waals surface area contributed by atoms with Gasteiger partial charge in [0.2, 0.25) is 0 Å². The SMILES string of the molecule is C=C1CC(C)CC(CC)(C2=N/C(=C(\c3ccc(C45CC(C)CC6(CC6C4)C5)[nH]3)c3c(F)cc(F)cc3F)C=C2)C1. The number of H-pyrrole nitrogens is 1. The van der Waals surface area contributed by atoms with Crippen molar-refractivity contribution in [2.75, 3.05) is 0 Å². The van der Waals surface area contributed by atoms with Gasteiger partial charge in [-0.25, -0.2) is 13.2 Å². The molecule has 4 saturated carbocycles. The summed E-state index contributed by atoms with van der Waals surface area (Å²) in [4.78, 5) is 8.71. The second-order valence-electron chi connectivity index (χ2n) is 14.1. The maximum absolute atomic E-state index is 15.4. The molecule has 2 aromatic rings. The molecule has 2 bridgehead atoms. The van der Waals surface area contributed by atoms with Crippen LogP contribution in [0.1, 0.15) is 95.5 Å². The highest BCUT2D eigenvalue weighted by Gasteiger charge is 2.68. The minimum absolute atomic E-state index is 0.0965. The van der Waals surface area contributed by atoms with Crippen LogP contribution in [0.2, 0.25) is 0 Å². The molecule has 0 radical (unpaired) electrons. The van der Waals surface area contributed by atoms with E-state index in [0.29, 0.717) is 34.2 Å². The van der Waals surface area contributed by atoms with Crippen LogP contribution >= 0.6 is 0 Å². The molecule has 0 amide bonds. The molecule has 0 saturated heterocycles. The maximum Gasteiger partial charge on any atom is 0.137 e. The lowest BCUT2D eigenvalue weighted by Crippen LogP contribution is -2.34. The van der Waals surface area contributed by atoms with E-state index in [0.717, 1.165) is 61.6 Å². The van der Waals surface area contributed by atoms with Crippen LogP contribution in [-0.4, -0.2) is 10.7 Å². The molecule has 6 unspecified atom stereocenters. The lowest BCUT2D eigenvalue weighted by atomic mass is 9.64. The molecular formula is C35H39F3N2. The molecule has 6 atom stereocenters. The Hall–Kier alpha value is -2.82. The van der Waals surface area contributed by atoms with Crippen molar-refractivity contribution in [1.29, 1.82) is 0 Å². The first-order valence-electron chi connectivity index (χ1n) is 15.1. The molecule has 1 spiro atoms. The molecule has 1 aromatic carbocycles. The highest BCUT2D eigenvalue weighted by molar-refractivity contribution is 6.05. The highest BCUT2D eigenvalue weighted by Crippen LogP contribution is 2.76. The molecule has 2 nitrogen and oxygen atoms in total. The number of aliphatic imine (C=N–C) groups is 1. The molecule has 7 rings (SSSR count). The Morgan fingerprint density at radius 3 is 2.50 bits per heavy atom. The first-order valence-corrected chi connectivity index (χ1v) is 15.1. The van der Waals surface area contributed by atoms with Crippen LogP contribution in [0.3, 0.4) is 0 Å². The van der Waals surface area contributed by atoms with Crippen molar-refractivity contribution in [3.8, 4) is 0 Å². The van der Waals surface area contributed by atoms with Crippen molar-refractivity contribution < 1.29 is 13.2 Å². The van der Waals surface area contributed by atoms with Gasteiger partial charge in [-0.15, -0.1) is 0 Å². The van der Waals surface area contributed by atoms with Crippen molar-refractivity contribution in [1.82, 2.24) is 4.98 Å². The topological polar surface area (TPSA) is 28.1 Å². The van der Waals surface area contributed by atoms with Gasteiger partial charge in [0, 0.05) is 45.6 Å². The third-order valence-corrected chi connectivity index (χ3v) is 11.0. The largest absolute Gasteiger partial charge is 0.358 e. The Labute approximate surface area is 235 Å². The van der Waals surface area contributed by atoms with E-state index < -0.39 is 17.5 Å². The van der Waals surface area contributed by atoms with Gasteiger partial charge < -0.3 is 4.98 Å². The second-order valence-corrected chi connectivity index (χ2v) is 14.1. The van der Waals surface area contributed by atoms with Crippen LogP contribution < -0.4 is 0 Å². The molecule has 1 aliphatic heterocycles. The summed E-state index contributed by atoms with van der Waals surface area (Å²) < 4.78 is 44.8. The number of nitrogens with zero attached hydrogens (tertiary/aromatic N) is 1. The van der Waals surface area contributed by atoms with E-state index in [4.69, 9.17) is 4.99 Å². The van der Waals surface area contributed by atoms with Gasteiger partial charge in [-0.05, 0) is 105 Å². The van der Waals surface area contributed by atoms with Gasteiger partial charge in [0.1, 0.15) is 17.5 Å². The number of fused-ring (bicyclic) bond motifs is 1. The highest BCUT2D eigenvalue weighted by atomic mass is 19.1. The number of hydrogen-bond acceptors (Lipinski definition) is 1. The van der Waals surface area contributed by atoms with E-state index in [2.05, 4.69) is 38.4 Å². The average molecular weight is 545 g/mol. The van der Waals surface area contributed by atoms with Gasteiger partial charge in [0.05, 0.1) is 11.3 Å². The number of benzene rings is 1. The number of hydrogen-bond donors (Lipinski definition) is 1. The summed E-state index contributed by atoms with van der Waals surface area (Å²) in [5, 5.41) is 0. The van der Waals surface area contributed by atoms with E-state index in [9.17, 15) is 4.39 Å². The van der Waals surface area contributed by atoms with Crippen molar-refractivity contribution in [3.05, 3.63) is 88.7 Å². The quantitative estimate of drug-likeness (QED) is 0.363. The minimum Gasteiger partial charge on any atom is -0.358 e. The molecule has 210 valence electrons. The number of rotatable bonds is 5. The summed E-state index contributed by atoms with van der Waals surface area (Å²) in [5.74, 6) is -0.781. The number of aromatic amines is 1. The normalized spacial score (nSPS) is 37.5. The third kappa shape index (κ3) is 3.94. The lowest BCUT2D eigenvalue weighted by molar-refractivity contribution is 0.190. The predicted octanol–water partition coefficient (Wildman–Crippen LogP) is 9.44. The Bertz CT molecular complexity index is 1480. The first-order chi connectivity index (χ1) is 19.1. The summed E-state index contributed by atoms with van der Waals surface area (Å²) in [6.07, 6.45) is 13.9. The molecular weight excluding hydrogens is 505 g/mol. The monoisotopic (exact) mass is 544 g/mol. The number of nitrogens with one attached hydrogen (secondary N) is 1. The molecule has 4 aliphatic carbocycles. The van der Waals surface area contributed by atoms with Gasteiger partial charge in [0.25, 0.3) is 0 Å². The predicted molar refractivity (Wildman–Crippen MR) is 154 cm³/mol. The zero-order valence-corrected chi connectivity index (χ0v) is 23.8. The molecule has 5 heteroatoms. The molecule has 1 N–H and O–H groups in total. The lowest BCUT2D eigenvalue weighted by Gasteiger charge is -2.40. The van der Waals surface area contributed by atoms with Crippen molar-refractivity contribution in [3.63, 3.8) is 0 Å². The number of halogens is 3. The van der Waals surface area contributed by atoms with Gasteiger partial charge in [-0.1, -0.05) is 32.9 Å². The van der Waals surface area contributed by atoms with E-state index in [1.165, 1.54) is 31.3 Å². The Morgan fingerprint density at radius 2 is 1.77 bits per heavy atom. The number of aromatic nitrogens is 1. The zero-order valence-electron chi connectivity index (χ0n) is 23.8. The van der Waals surface area contributed by atoms with Gasteiger partial charge in [-0.3, -0.25) is 4.99 Å². The minimum atomic E-state index is -0.924. The van der Waals surface area contributed by atoms with E-state index >= 15 is 8.78 Å². The molecule has 1 aromatic heterocycles. The average Bonchev–Trinajstić information content (AvgIpc) is 3.31. The van der Waals surface area contributed by atoms with E-state index in [-0.39, 0.29) is 16.4 Å². The van der Waals surface area contributed by atoms with Crippen molar-refractivity contribution >= 4 is 11.3 Å². The fraction of sp³-hybridized carbons (Fsp3) is 0.514. The second kappa shape index (κ2) is 8.84. The summed E-state index contributed by atoms with van der Waals surface area (Å²) in [5.41, 5.74) is 5.08. The number of allylic oxidation sites excluding steroid dienone is 3. The Morgan fingerprint density at radius 1 is 1.00 bits per heavy atom. The van der Waals surface area contributed by atoms with Gasteiger partial charge in [-0.2, -0.15) is 0 Å². The van der Waals surface area contributed by atoms with Crippen molar-refractivity contribution in [2.45, 2.75) is 84.0 Å². The fourth-order valence-electron chi connectivity index (χ4n) is 9.71. The van der Waals surface area contributed by atoms with Crippen LogP contribution in [0.4, 0.5) is 13.2 Å². The molecule has 4 fully saturated rings. The van der Waals surface area contributed by atoms with Crippen LogP contribution in [0.15, 0.2) is 59.3 Å². The standard InChI is InChI=1S/C35H39F3N2/c1-5-33(13-20(2)10-21(3)14-33)29-8-6-27(39-29)32(31-25(37)11-24(36)12-26(31)38)28-7-9-30(40-28)35-16-22(4)15-34(19-35)17-23(34)18-35/h6-9,11-12,21-23,40H,2,5,10,13-19H2,1,3-4H3/b32-27+. The van der Waals surface area contributed by atoms with Gasteiger partial charge in [0.15, 0.2) is 0 Å². The molecule has 40 heavy (non-hydrogen) atoms. The molecule has 5 aliphatic rings. The first kappa shape index (κ1) is 26.1. The van der Waals surface area contributed by atoms with Gasteiger partial charge >= 0.3 is 0 Å². The summed E-state index contributed by atoms with van der Waals surface area (Å²) >= 11 is 0. The van der Waals surface area contributed by atoms with Crippen LogP contribution in [0, 0.1) is 46.0 Å². The van der Waals surface area contributed by atoms with Crippen LogP contribution in [0.25, 0.3) is 5.57 Å². The van der Waals surface area contributed by atoms with Crippen molar-refractivity contribution in [2.24, 2.45) is 33.6 Å². The van der Waals surface area contributed by atoms with Crippen LogP contribution in [-0.2, 0) is 5.41 Å². The smallest absolute Gasteiger partial charge is 0.137 e. The Balaban J connectivity index is 1.35. The summed E-state index contributed by atoms with van der Waals surface area (Å²) in [6.45, 7) is 11.1.